The van der Waals surface area contributed by atoms with Crippen molar-refractivity contribution in [1.29, 1.82) is 0 Å². The molecule has 0 amide bonds. The zero-order chi connectivity index (χ0) is 13.4. The Morgan fingerprint density at radius 2 is 2.11 bits per heavy atom. The van der Waals surface area contributed by atoms with Crippen LogP contribution in [0.1, 0.15) is 31.4 Å². The standard InChI is InChI=1S/C16H24N2/c1-14(2)9-11-18(3)13-16-7-4-6-15(12-16)8-5-10-17/h4,6-7,12,14H,9-11,13,17H2,1-3H3. The first kappa shape index (κ1) is 14.8. The van der Waals surface area contributed by atoms with Gasteiger partial charge in [0.1, 0.15) is 0 Å². The van der Waals surface area contributed by atoms with Crippen LogP contribution in [0, 0.1) is 17.8 Å². The van der Waals surface area contributed by atoms with Gasteiger partial charge in [0.2, 0.25) is 0 Å². The van der Waals surface area contributed by atoms with Crippen LogP contribution in [-0.2, 0) is 6.54 Å². The highest BCUT2D eigenvalue weighted by Crippen LogP contribution is 2.08. The van der Waals surface area contributed by atoms with Crippen molar-refractivity contribution in [2.75, 3.05) is 20.1 Å². The van der Waals surface area contributed by atoms with Crippen molar-refractivity contribution in [2.45, 2.75) is 26.8 Å². The van der Waals surface area contributed by atoms with Crippen LogP contribution in [0.5, 0.6) is 0 Å². The molecule has 0 aliphatic rings. The molecule has 0 atom stereocenters. The van der Waals surface area contributed by atoms with Crippen LogP contribution >= 0.6 is 0 Å². The predicted molar refractivity (Wildman–Crippen MR) is 78.2 cm³/mol. The lowest BCUT2D eigenvalue weighted by Crippen LogP contribution is -2.20. The molecule has 0 saturated carbocycles. The Morgan fingerprint density at radius 3 is 2.78 bits per heavy atom. The van der Waals surface area contributed by atoms with Gasteiger partial charge in [-0.05, 0) is 43.6 Å². The smallest absolute Gasteiger partial charge is 0.0555 e. The highest BCUT2D eigenvalue weighted by atomic mass is 15.1. The van der Waals surface area contributed by atoms with Gasteiger partial charge in [-0.1, -0.05) is 37.8 Å². The zero-order valence-electron chi connectivity index (χ0n) is 11.7. The fourth-order valence-electron chi connectivity index (χ4n) is 1.77. The second-order valence-electron chi connectivity index (χ2n) is 5.13. The fraction of sp³-hybridized carbons (Fsp3) is 0.500. The molecule has 0 unspecified atom stereocenters. The normalized spacial score (nSPS) is 10.6. The SMILES string of the molecule is CC(C)CCN(C)Cc1cccc(C#CCN)c1. The molecule has 0 fully saturated rings. The number of nitrogens with two attached hydrogens (primary N) is 1. The van der Waals surface area contributed by atoms with E-state index in [2.05, 4.69) is 55.8 Å². The summed E-state index contributed by atoms with van der Waals surface area (Å²) in [6.07, 6.45) is 1.24. The average Bonchev–Trinajstić information content (AvgIpc) is 2.34. The zero-order valence-corrected chi connectivity index (χ0v) is 11.7. The molecule has 1 rings (SSSR count). The molecule has 18 heavy (non-hydrogen) atoms. The van der Waals surface area contributed by atoms with Crippen LogP contribution in [0.4, 0.5) is 0 Å². The average molecular weight is 244 g/mol. The number of rotatable bonds is 5. The molecule has 0 saturated heterocycles. The van der Waals surface area contributed by atoms with Crippen LogP contribution in [0.3, 0.4) is 0 Å². The van der Waals surface area contributed by atoms with Crippen LogP contribution in [0.15, 0.2) is 24.3 Å². The third-order valence-corrected chi connectivity index (χ3v) is 2.80. The lowest BCUT2D eigenvalue weighted by Gasteiger charge is -2.18. The molecule has 0 aliphatic carbocycles. The first-order chi connectivity index (χ1) is 8.61. The first-order valence-electron chi connectivity index (χ1n) is 6.58. The van der Waals surface area contributed by atoms with Gasteiger partial charge in [-0.2, -0.15) is 0 Å². The maximum atomic E-state index is 5.38. The summed E-state index contributed by atoms with van der Waals surface area (Å²) in [6, 6.07) is 8.39. The van der Waals surface area contributed by atoms with Crippen LogP contribution in [-0.4, -0.2) is 25.0 Å². The third kappa shape index (κ3) is 5.86. The van der Waals surface area contributed by atoms with Crippen molar-refractivity contribution in [3.05, 3.63) is 35.4 Å². The van der Waals surface area contributed by atoms with E-state index < -0.39 is 0 Å². The monoisotopic (exact) mass is 244 g/mol. The van der Waals surface area contributed by atoms with E-state index in [-0.39, 0.29) is 0 Å². The van der Waals surface area contributed by atoms with E-state index in [9.17, 15) is 0 Å². The quantitative estimate of drug-likeness (QED) is 0.806. The molecular weight excluding hydrogens is 220 g/mol. The van der Waals surface area contributed by atoms with Crippen LogP contribution in [0.2, 0.25) is 0 Å². The fourth-order valence-corrected chi connectivity index (χ4v) is 1.77. The molecule has 1 aromatic rings. The summed E-state index contributed by atoms with van der Waals surface area (Å²) in [4.78, 5) is 2.36. The lowest BCUT2D eigenvalue weighted by atomic mass is 10.1. The van der Waals surface area contributed by atoms with Crippen molar-refractivity contribution in [3.63, 3.8) is 0 Å². The Kier molecular flexibility index (Phi) is 6.49. The molecular formula is C16H24N2. The van der Waals surface area contributed by atoms with Gasteiger partial charge in [0.15, 0.2) is 0 Å². The van der Waals surface area contributed by atoms with E-state index in [0.29, 0.717) is 6.54 Å². The first-order valence-corrected chi connectivity index (χ1v) is 6.58. The van der Waals surface area contributed by atoms with Gasteiger partial charge in [-0.15, -0.1) is 0 Å². The Balaban J connectivity index is 2.56. The van der Waals surface area contributed by atoms with Crippen molar-refractivity contribution in [2.24, 2.45) is 11.7 Å². The molecule has 0 aliphatic heterocycles. The van der Waals surface area contributed by atoms with Gasteiger partial charge in [0.25, 0.3) is 0 Å². The van der Waals surface area contributed by atoms with Crippen molar-refractivity contribution in [1.82, 2.24) is 4.90 Å². The number of hydrogen-bond acceptors (Lipinski definition) is 2. The van der Waals surface area contributed by atoms with Gasteiger partial charge in [0.05, 0.1) is 6.54 Å². The molecule has 2 N–H and O–H groups in total. The maximum absolute atomic E-state index is 5.38. The molecule has 0 bridgehead atoms. The second kappa shape index (κ2) is 7.92. The topological polar surface area (TPSA) is 29.3 Å². The van der Waals surface area contributed by atoms with Gasteiger partial charge in [-0.3, -0.25) is 0 Å². The molecule has 1 aromatic carbocycles. The van der Waals surface area contributed by atoms with E-state index in [1.54, 1.807) is 0 Å². The summed E-state index contributed by atoms with van der Waals surface area (Å²) >= 11 is 0. The van der Waals surface area contributed by atoms with Gasteiger partial charge in [-0.25, -0.2) is 0 Å². The lowest BCUT2D eigenvalue weighted by molar-refractivity contribution is 0.303. The number of benzene rings is 1. The minimum atomic E-state index is 0.415. The second-order valence-corrected chi connectivity index (χ2v) is 5.13. The molecule has 0 radical (unpaired) electrons. The Bertz CT molecular complexity index is 413. The highest BCUT2D eigenvalue weighted by molar-refractivity contribution is 5.37. The van der Waals surface area contributed by atoms with Gasteiger partial charge < -0.3 is 10.6 Å². The summed E-state index contributed by atoms with van der Waals surface area (Å²) in [5, 5.41) is 0. The number of hydrogen-bond donors (Lipinski definition) is 1. The van der Waals surface area contributed by atoms with Crippen LogP contribution in [0.25, 0.3) is 0 Å². The van der Waals surface area contributed by atoms with E-state index in [1.807, 2.05) is 6.07 Å². The van der Waals surface area contributed by atoms with Gasteiger partial charge in [0, 0.05) is 12.1 Å². The number of nitrogens with zero attached hydrogens (tertiary/aromatic N) is 1. The Labute approximate surface area is 111 Å². The Morgan fingerprint density at radius 1 is 1.33 bits per heavy atom. The minimum Gasteiger partial charge on any atom is -0.320 e. The Hall–Kier alpha value is -1.30. The van der Waals surface area contributed by atoms with E-state index in [4.69, 9.17) is 5.73 Å². The molecule has 0 heterocycles. The van der Waals surface area contributed by atoms with Crippen molar-refractivity contribution >= 4 is 0 Å². The summed E-state index contributed by atoms with van der Waals surface area (Å²) in [5.74, 6) is 6.72. The predicted octanol–water partition coefficient (Wildman–Crippen LogP) is 2.47. The highest BCUT2D eigenvalue weighted by Gasteiger charge is 2.02. The minimum absolute atomic E-state index is 0.415. The van der Waals surface area contributed by atoms with E-state index in [1.165, 1.54) is 12.0 Å². The molecule has 0 spiro atoms. The molecule has 2 nitrogen and oxygen atoms in total. The third-order valence-electron chi connectivity index (χ3n) is 2.80. The maximum Gasteiger partial charge on any atom is 0.0555 e. The van der Waals surface area contributed by atoms with E-state index in [0.717, 1.165) is 24.6 Å². The molecule has 2 heteroatoms. The summed E-state index contributed by atoms with van der Waals surface area (Å²) in [5.41, 5.74) is 7.74. The summed E-state index contributed by atoms with van der Waals surface area (Å²) in [7, 11) is 2.17. The summed E-state index contributed by atoms with van der Waals surface area (Å²) in [6.45, 7) is 7.05. The van der Waals surface area contributed by atoms with Crippen molar-refractivity contribution < 1.29 is 0 Å². The largest absolute Gasteiger partial charge is 0.320 e. The van der Waals surface area contributed by atoms with Crippen molar-refractivity contribution in [3.8, 4) is 11.8 Å². The molecule has 98 valence electrons. The van der Waals surface area contributed by atoms with Crippen LogP contribution < -0.4 is 5.73 Å². The van der Waals surface area contributed by atoms with Gasteiger partial charge >= 0.3 is 0 Å². The van der Waals surface area contributed by atoms with E-state index >= 15 is 0 Å². The molecule has 0 aromatic heterocycles. The summed E-state index contributed by atoms with van der Waals surface area (Å²) < 4.78 is 0.